The zero-order chi connectivity index (χ0) is 14.9. The molecule has 22 heavy (non-hydrogen) atoms. The zero-order valence-corrected chi connectivity index (χ0v) is 13.2. The van der Waals surface area contributed by atoms with Crippen LogP contribution in [-0.4, -0.2) is 4.40 Å². The van der Waals surface area contributed by atoms with Gasteiger partial charge in [-0.1, -0.05) is 38.1 Å². The summed E-state index contributed by atoms with van der Waals surface area (Å²) in [5.41, 5.74) is 6.09. The summed E-state index contributed by atoms with van der Waals surface area (Å²) in [5, 5.41) is 0. The average molecular weight is 289 g/mol. The summed E-state index contributed by atoms with van der Waals surface area (Å²) in [5.74, 6) is 1.58. The SMILES string of the molecule is CC1(C)[C@H]2Cc3ccc4c[n+](-c5ccccc5)cn4c3[C@@H]1C2. The molecule has 0 radical (unpaired) electrons. The minimum Gasteiger partial charge on any atom is -0.201 e. The third-order valence-electron chi connectivity index (χ3n) is 6.15. The summed E-state index contributed by atoms with van der Waals surface area (Å²) >= 11 is 0. The summed E-state index contributed by atoms with van der Waals surface area (Å²) in [6.45, 7) is 4.89. The Morgan fingerprint density at radius 1 is 1.09 bits per heavy atom. The van der Waals surface area contributed by atoms with Crippen LogP contribution in [0.1, 0.15) is 37.4 Å². The molecule has 1 fully saturated rings. The maximum absolute atomic E-state index is 2.45. The minimum atomic E-state index is 0.461. The molecule has 0 unspecified atom stereocenters. The summed E-state index contributed by atoms with van der Waals surface area (Å²) in [6, 6.07) is 15.2. The number of aromatic nitrogens is 2. The predicted octanol–water partition coefficient (Wildman–Crippen LogP) is 3.90. The summed E-state index contributed by atoms with van der Waals surface area (Å²) in [4.78, 5) is 0. The molecule has 3 aliphatic carbocycles. The Hall–Kier alpha value is -2.09. The monoisotopic (exact) mass is 289 g/mol. The van der Waals surface area contributed by atoms with Crippen molar-refractivity contribution in [2.45, 2.75) is 32.6 Å². The first-order chi connectivity index (χ1) is 10.6. The van der Waals surface area contributed by atoms with Crippen LogP contribution in [0.2, 0.25) is 0 Å². The van der Waals surface area contributed by atoms with E-state index in [2.05, 4.69) is 77.8 Å². The maximum Gasteiger partial charge on any atom is 0.254 e. The van der Waals surface area contributed by atoms with Crippen molar-refractivity contribution in [2.75, 3.05) is 0 Å². The summed E-state index contributed by atoms with van der Waals surface area (Å²) < 4.78 is 4.68. The van der Waals surface area contributed by atoms with Crippen molar-refractivity contribution in [3.8, 4) is 5.69 Å². The molecule has 1 saturated carbocycles. The lowest BCUT2D eigenvalue weighted by atomic mass is 9.48. The van der Waals surface area contributed by atoms with Gasteiger partial charge in [-0.2, -0.15) is 4.40 Å². The van der Waals surface area contributed by atoms with Crippen LogP contribution < -0.4 is 4.57 Å². The van der Waals surface area contributed by atoms with Gasteiger partial charge in [0.1, 0.15) is 17.6 Å². The zero-order valence-electron chi connectivity index (χ0n) is 13.2. The molecule has 3 aromatic rings. The number of fused-ring (bicyclic) bond motifs is 1. The van der Waals surface area contributed by atoms with Crippen molar-refractivity contribution in [1.82, 2.24) is 4.40 Å². The number of pyridine rings is 1. The Balaban J connectivity index is 1.73. The summed E-state index contributed by atoms with van der Waals surface area (Å²) in [7, 11) is 0. The van der Waals surface area contributed by atoms with Crippen molar-refractivity contribution >= 4 is 5.52 Å². The third-order valence-corrected chi connectivity index (χ3v) is 6.15. The Morgan fingerprint density at radius 3 is 2.68 bits per heavy atom. The molecule has 0 N–H and O–H groups in total. The molecule has 0 amide bonds. The molecule has 2 heterocycles. The minimum absolute atomic E-state index is 0.461. The molecule has 0 spiro atoms. The van der Waals surface area contributed by atoms with Gasteiger partial charge in [-0.05, 0) is 47.9 Å². The largest absolute Gasteiger partial charge is 0.254 e. The van der Waals surface area contributed by atoms with Gasteiger partial charge < -0.3 is 0 Å². The van der Waals surface area contributed by atoms with Crippen LogP contribution in [0, 0.1) is 11.3 Å². The second kappa shape index (κ2) is 4.01. The van der Waals surface area contributed by atoms with Crippen molar-refractivity contribution in [3.63, 3.8) is 0 Å². The number of nitrogens with zero attached hydrogens (tertiary/aromatic N) is 2. The molecule has 0 saturated heterocycles. The molecule has 6 rings (SSSR count). The molecule has 3 aliphatic rings. The second-order valence-electron chi connectivity index (χ2n) is 7.54. The molecule has 2 nitrogen and oxygen atoms in total. The van der Waals surface area contributed by atoms with Crippen molar-refractivity contribution in [2.24, 2.45) is 11.3 Å². The standard InChI is InChI=1S/C20H21N2/c1-20(2)15-10-14-8-9-17-12-21(16-6-4-3-5-7-16)13-22(17)19(14)18(20)11-15/h3-9,12-13,15,18H,10-11H2,1-2H3/q+1/t15-,18-/m0/s1. The van der Waals surface area contributed by atoms with E-state index in [-0.39, 0.29) is 0 Å². The number of hydrogen-bond acceptors (Lipinski definition) is 0. The normalized spacial score (nSPS) is 24.8. The van der Waals surface area contributed by atoms with Crippen LogP contribution in [-0.2, 0) is 6.42 Å². The highest BCUT2D eigenvalue weighted by atomic mass is 15.1. The van der Waals surface area contributed by atoms with E-state index in [4.69, 9.17) is 0 Å². The highest BCUT2D eigenvalue weighted by Crippen LogP contribution is 2.61. The van der Waals surface area contributed by atoms with Gasteiger partial charge in [-0.25, -0.2) is 4.57 Å². The van der Waals surface area contributed by atoms with E-state index in [9.17, 15) is 0 Å². The van der Waals surface area contributed by atoms with E-state index < -0.39 is 0 Å². The number of rotatable bonds is 1. The Bertz CT molecular complexity index is 873. The lowest BCUT2D eigenvalue weighted by Crippen LogP contribution is -2.49. The third kappa shape index (κ3) is 1.48. The van der Waals surface area contributed by atoms with Gasteiger partial charge in [0.2, 0.25) is 0 Å². The lowest BCUT2D eigenvalue weighted by Gasteiger charge is -2.55. The first kappa shape index (κ1) is 12.5. The van der Waals surface area contributed by atoms with E-state index in [0.717, 1.165) is 5.92 Å². The summed E-state index contributed by atoms with van der Waals surface area (Å²) in [6.07, 6.45) is 7.12. The van der Waals surface area contributed by atoms with Crippen molar-refractivity contribution in [1.29, 1.82) is 0 Å². The highest BCUT2D eigenvalue weighted by Gasteiger charge is 2.54. The van der Waals surface area contributed by atoms with Crippen molar-refractivity contribution < 1.29 is 4.57 Å². The quantitative estimate of drug-likeness (QED) is 0.601. The predicted molar refractivity (Wildman–Crippen MR) is 87.3 cm³/mol. The van der Waals surface area contributed by atoms with Gasteiger partial charge in [-0.15, -0.1) is 0 Å². The average Bonchev–Trinajstić information content (AvgIpc) is 2.99. The van der Waals surface area contributed by atoms with Gasteiger partial charge in [0.05, 0.1) is 0 Å². The number of benzene rings is 1. The number of para-hydroxylation sites is 1. The molecule has 0 aliphatic heterocycles. The number of hydrogen-bond donors (Lipinski definition) is 0. The van der Waals surface area contributed by atoms with Gasteiger partial charge in [0, 0.05) is 5.92 Å². The fraction of sp³-hybridized carbons (Fsp3) is 0.350. The van der Waals surface area contributed by atoms with Crippen LogP contribution in [0.3, 0.4) is 0 Å². The molecule has 2 aromatic heterocycles. The van der Waals surface area contributed by atoms with Crippen LogP contribution in [0.15, 0.2) is 55.0 Å². The van der Waals surface area contributed by atoms with Crippen LogP contribution in [0.5, 0.6) is 0 Å². The van der Waals surface area contributed by atoms with E-state index in [1.54, 1.807) is 11.3 Å². The molecule has 2 atom stereocenters. The van der Waals surface area contributed by atoms with Gasteiger partial charge >= 0.3 is 0 Å². The maximum atomic E-state index is 2.45. The first-order valence-electron chi connectivity index (χ1n) is 8.25. The van der Waals surface area contributed by atoms with Gasteiger partial charge in [-0.3, -0.25) is 0 Å². The molecular formula is C20H21N2+. The van der Waals surface area contributed by atoms with E-state index in [1.807, 2.05) is 0 Å². The Kier molecular flexibility index (Phi) is 2.27. The molecule has 1 aromatic carbocycles. The lowest BCUT2D eigenvalue weighted by molar-refractivity contribution is -0.594. The van der Waals surface area contributed by atoms with E-state index in [0.29, 0.717) is 11.3 Å². The van der Waals surface area contributed by atoms with E-state index in [1.165, 1.54) is 24.0 Å². The molecule has 2 heteroatoms. The fourth-order valence-electron chi connectivity index (χ4n) is 4.58. The van der Waals surface area contributed by atoms with E-state index >= 15 is 0 Å². The smallest absolute Gasteiger partial charge is 0.201 e. The van der Waals surface area contributed by atoms with Crippen LogP contribution in [0.4, 0.5) is 0 Å². The van der Waals surface area contributed by atoms with Crippen molar-refractivity contribution in [3.05, 3.63) is 66.2 Å². The molecule has 110 valence electrons. The Labute approximate surface area is 131 Å². The second-order valence-corrected chi connectivity index (χ2v) is 7.54. The van der Waals surface area contributed by atoms with Gasteiger partial charge in [0.25, 0.3) is 6.33 Å². The number of imidazole rings is 1. The molecular weight excluding hydrogens is 268 g/mol. The molecule has 2 bridgehead atoms. The van der Waals surface area contributed by atoms with Crippen LogP contribution in [0.25, 0.3) is 11.2 Å². The van der Waals surface area contributed by atoms with Gasteiger partial charge in [0.15, 0.2) is 5.52 Å². The Morgan fingerprint density at radius 2 is 1.91 bits per heavy atom. The fourth-order valence-corrected chi connectivity index (χ4v) is 4.58. The topological polar surface area (TPSA) is 8.29 Å². The first-order valence-corrected chi connectivity index (χ1v) is 8.25. The van der Waals surface area contributed by atoms with Crippen LogP contribution >= 0.6 is 0 Å². The highest BCUT2D eigenvalue weighted by molar-refractivity contribution is 5.50.